The Bertz CT molecular complexity index is 249. The Morgan fingerprint density at radius 3 is 3.00 bits per heavy atom. The highest BCUT2D eigenvalue weighted by Crippen LogP contribution is 2.29. The molecule has 0 aromatic carbocycles. The zero-order valence-corrected chi connectivity index (χ0v) is 6.23. The largest absolute Gasteiger partial charge is 0.297 e. The predicted octanol–water partition coefficient (Wildman–Crippen LogP) is 0.862. The number of rotatable bonds is 3. The van der Waals surface area contributed by atoms with Crippen molar-refractivity contribution in [2.45, 2.75) is 19.4 Å². The summed E-state index contributed by atoms with van der Waals surface area (Å²) >= 11 is 0. The quantitative estimate of drug-likeness (QED) is 0.640. The van der Waals surface area contributed by atoms with Crippen LogP contribution in [0.1, 0.15) is 12.8 Å². The molecule has 0 saturated heterocycles. The molecule has 1 fully saturated rings. The minimum absolute atomic E-state index is 0.328. The number of ketones is 1. The second-order valence-corrected chi connectivity index (χ2v) is 2.94. The highest BCUT2D eigenvalue weighted by Gasteiger charge is 2.29. The fourth-order valence-electron chi connectivity index (χ4n) is 1.09. The van der Waals surface area contributed by atoms with Gasteiger partial charge in [-0.2, -0.15) is 5.10 Å². The first-order valence-corrected chi connectivity index (χ1v) is 3.86. The molecule has 1 heterocycles. The Morgan fingerprint density at radius 2 is 2.45 bits per heavy atom. The molecule has 3 heteroatoms. The SMILES string of the molecule is O=C(Cn1cccn1)C1CC1. The van der Waals surface area contributed by atoms with E-state index >= 15 is 0 Å². The van der Waals surface area contributed by atoms with E-state index in [9.17, 15) is 4.79 Å². The summed E-state index contributed by atoms with van der Waals surface area (Å²) in [5, 5.41) is 3.96. The molecule has 2 rings (SSSR count). The molecular weight excluding hydrogens is 140 g/mol. The minimum atomic E-state index is 0.328. The molecule has 1 aliphatic rings. The van der Waals surface area contributed by atoms with Crippen LogP contribution in [0.15, 0.2) is 18.5 Å². The van der Waals surface area contributed by atoms with Crippen LogP contribution in [-0.4, -0.2) is 15.6 Å². The van der Waals surface area contributed by atoms with E-state index < -0.39 is 0 Å². The molecular formula is C8H10N2O. The molecule has 0 radical (unpaired) electrons. The Balaban J connectivity index is 1.94. The van der Waals surface area contributed by atoms with Gasteiger partial charge in [-0.15, -0.1) is 0 Å². The molecule has 11 heavy (non-hydrogen) atoms. The summed E-state index contributed by atoms with van der Waals surface area (Å²) in [7, 11) is 0. The van der Waals surface area contributed by atoms with E-state index in [4.69, 9.17) is 0 Å². The van der Waals surface area contributed by atoms with Crippen molar-refractivity contribution in [1.82, 2.24) is 9.78 Å². The fraction of sp³-hybridized carbons (Fsp3) is 0.500. The van der Waals surface area contributed by atoms with E-state index in [0.717, 1.165) is 12.8 Å². The Morgan fingerprint density at radius 1 is 1.64 bits per heavy atom. The van der Waals surface area contributed by atoms with Gasteiger partial charge >= 0.3 is 0 Å². The van der Waals surface area contributed by atoms with Gasteiger partial charge in [0.05, 0.1) is 6.54 Å². The van der Waals surface area contributed by atoms with Gasteiger partial charge in [-0.3, -0.25) is 9.48 Å². The molecule has 0 N–H and O–H groups in total. The van der Waals surface area contributed by atoms with Gasteiger partial charge in [0.15, 0.2) is 5.78 Å². The van der Waals surface area contributed by atoms with Crippen LogP contribution in [0.25, 0.3) is 0 Å². The van der Waals surface area contributed by atoms with E-state index in [1.807, 2.05) is 12.3 Å². The molecule has 0 amide bonds. The zero-order valence-electron chi connectivity index (χ0n) is 6.23. The third kappa shape index (κ3) is 1.48. The van der Waals surface area contributed by atoms with Gasteiger partial charge in [0.25, 0.3) is 0 Å². The van der Waals surface area contributed by atoms with Crippen molar-refractivity contribution in [3.05, 3.63) is 18.5 Å². The number of aromatic nitrogens is 2. The monoisotopic (exact) mass is 150 g/mol. The third-order valence-electron chi connectivity index (χ3n) is 1.91. The third-order valence-corrected chi connectivity index (χ3v) is 1.91. The standard InChI is InChI=1S/C8H10N2O/c11-8(7-2-3-7)6-10-5-1-4-9-10/h1,4-5,7H,2-3,6H2. The molecule has 1 aromatic rings. The number of hydrogen-bond donors (Lipinski definition) is 0. The summed E-state index contributed by atoms with van der Waals surface area (Å²) in [6, 6.07) is 1.83. The molecule has 58 valence electrons. The summed E-state index contributed by atoms with van der Waals surface area (Å²) in [5.74, 6) is 0.674. The molecule has 1 saturated carbocycles. The molecule has 0 bridgehead atoms. The molecule has 1 aromatic heterocycles. The first-order chi connectivity index (χ1) is 5.36. The van der Waals surface area contributed by atoms with Gasteiger partial charge in [0, 0.05) is 18.3 Å². The number of nitrogens with zero attached hydrogens (tertiary/aromatic N) is 2. The van der Waals surface area contributed by atoms with Crippen LogP contribution in [0.5, 0.6) is 0 Å². The van der Waals surface area contributed by atoms with Crippen LogP contribution in [0.2, 0.25) is 0 Å². The van der Waals surface area contributed by atoms with Gasteiger partial charge in [0.2, 0.25) is 0 Å². The first kappa shape index (κ1) is 6.58. The lowest BCUT2D eigenvalue weighted by Gasteiger charge is -1.97. The van der Waals surface area contributed by atoms with Crippen molar-refractivity contribution >= 4 is 5.78 Å². The first-order valence-electron chi connectivity index (χ1n) is 3.86. The van der Waals surface area contributed by atoms with Crippen molar-refractivity contribution in [1.29, 1.82) is 0 Å². The van der Waals surface area contributed by atoms with Crippen LogP contribution >= 0.6 is 0 Å². The number of Topliss-reactive ketones (excluding diaryl/α,β-unsaturated/α-hetero) is 1. The Labute approximate surface area is 65.0 Å². The summed E-state index contributed by atoms with van der Waals surface area (Å²) in [5.41, 5.74) is 0. The lowest BCUT2D eigenvalue weighted by atomic mass is 10.3. The maximum absolute atomic E-state index is 11.2. The summed E-state index contributed by atoms with van der Waals surface area (Å²) in [4.78, 5) is 11.2. The van der Waals surface area contributed by atoms with Crippen molar-refractivity contribution in [3.63, 3.8) is 0 Å². The highest BCUT2D eigenvalue weighted by molar-refractivity contribution is 5.82. The zero-order chi connectivity index (χ0) is 7.68. The molecule has 0 unspecified atom stereocenters. The van der Waals surface area contributed by atoms with Gasteiger partial charge in [-0.25, -0.2) is 0 Å². The second kappa shape index (κ2) is 2.49. The predicted molar refractivity (Wildman–Crippen MR) is 40.0 cm³/mol. The highest BCUT2D eigenvalue weighted by atomic mass is 16.1. The molecule has 0 aliphatic heterocycles. The van der Waals surface area contributed by atoms with E-state index in [1.54, 1.807) is 10.9 Å². The van der Waals surface area contributed by atoms with Crippen LogP contribution in [0, 0.1) is 5.92 Å². The molecule has 3 nitrogen and oxygen atoms in total. The molecule has 1 aliphatic carbocycles. The second-order valence-electron chi connectivity index (χ2n) is 2.94. The number of carbonyl (C=O) groups is 1. The van der Waals surface area contributed by atoms with Gasteiger partial charge in [-0.1, -0.05) is 0 Å². The molecule has 0 atom stereocenters. The average Bonchev–Trinajstić information content (AvgIpc) is 2.73. The molecule has 0 spiro atoms. The van der Waals surface area contributed by atoms with Gasteiger partial charge in [-0.05, 0) is 18.9 Å². The van der Waals surface area contributed by atoms with Crippen LogP contribution in [0.3, 0.4) is 0 Å². The normalized spacial score (nSPS) is 16.7. The number of carbonyl (C=O) groups excluding carboxylic acids is 1. The van der Waals surface area contributed by atoms with E-state index in [1.165, 1.54) is 0 Å². The fourth-order valence-corrected chi connectivity index (χ4v) is 1.09. The summed E-state index contributed by atoms with van der Waals surface area (Å²) < 4.78 is 1.68. The Hall–Kier alpha value is -1.12. The Kier molecular flexibility index (Phi) is 1.49. The lowest BCUT2D eigenvalue weighted by Crippen LogP contribution is -2.11. The van der Waals surface area contributed by atoms with Crippen molar-refractivity contribution in [3.8, 4) is 0 Å². The van der Waals surface area contributed by atoms with Crippen molar-refractivity contribution < 1.29 is 4.79 Å². The topological polar surface area (TPSA) is 34.9 Å². The van der Waals surface area contributed by atoms with Gasteiger partial charge < -0.3 is 0 Å². The van der Waals surface area contributed by atoms with Gasteiger partial charge in [0.1, 0.15) is 0 Å². The van der Waals surface area contributed by atoms with E-state index in [2.05, 4.69) is 5.10 Å². The minimum Gasteiger partial charge on any atom is -0.297 e. The number of hydrogen-bond acceptors (Lipinski definition) is 2. The van der Waals surface area contributed by atoms with Crippen LogP contribution < -0.4 is 0 Å². The van der Waals surface area contributed by atoms with E-state index in [0.29, 0.717) is 18.2 Å². The van der Waals surface area contributed by atoms with Crippen LogP contribution in [0.4, 0.5) is 0 Å². The average molecular weight is 150 g/mol. The van der Waals surface area contributed by atoms with E-state index in [-0.39, 0.29) is 0 Å². The smallest absolute Gasteiger partial charge is 0.157 e. The van der Waals surface area contributed by atoms with Crippen molar-refractivity contribution in [2.24, 2.45) is 5.92 Å². The maximum atomic E-state index is 11.2. The van der Waals surface area contributed by atoms with Crippen molar-refractivity contribution in [2.75, 3.05) is 0 Å². The maximum Gasteiger partial charge on any atom is 0.157 e. The summed E-state index contributed by atoms with van der Waals surface area (Å²) in [6.07, 6.45) is 5.68. The van der Waals surface area contributed by atoms with Crippen LogP contribution in [-0.2, 0) is 11.3 Å². The lowest BCUT2D eigenvalue weighted by molar-refractivity contribution is -0.120. The summed E-state index contributed by atoms with van der Waals surface area (Å²) in [6.45, 7) is 0.456.